The molecule has 0 spiro atoms. The Morgan fingerprint density at radius 1 is 1.32 bits per heavy atom. The van der Waals surface area contributed by atoms with Gasteiger partial charge in [0.05, 0.1) is 19.8 Å². The van der Waals surface area contributed by atoms with Gasteiger partial charge in [0.1, 0.15) is 5.82 Å². The molecule has 0 bridgehead atoms. The standard InChI is InChI=1S/C20H33N5O2.HI/c1-2-21-20(23-9-4-12-27-16-17-6-7-17)24-15-18-5-3-8-22-19(18)25-10-13-26-14-11-25;/h3,5,8,17H,2,4,6-7,9-16H2,1H3,(H2,21,23,24);1H. The average molecular weight is 503 g/mol. The van der Waals surface area contributed by atoms with Gasteiger partial charge in [0.25, 0.3) is 0 Å². The highest BCUT2D eigenvalue weighted by molar-refractivity contribution is 14.0. The topological polar surface area (TPSA) is 71.0 Å². The molecular formula is C20H34IN5O2. The number of aromatic nitrogens is 1. The molecule has 0 radical (unpaired) electrons. The normalized spacial score (nSPS) is 17.2. The van der Waals surface area contributed by atoms with Crippen LogP contribution >= 0.6 is 24.0 Å². The van der Waals surface area contributed by atoms with E-state index in [0.29, 0.717) is 6.54 Å². The minimum atomic E-state index is 0. The molecule has 7 nitrogen and oxygen atoms in total. The van der Waals surface area contributed by atoms with Crippen LogP contribution in [0.1, 0.15) is 31.7 Å². The molecule has 2 aliphatic rings. The van der Waals surface area contributed by atoms with E-state index in [4.69, 9.17) is 14.5 Å². The number of halogens is 1. The van der Waals surface area contributed by atoms with Crippen molar-refractivity contribution in [3.63, 3.8) is 0 Å². The van der Waals surface area contributed by atoms with Crippen molar-refractivity contribution in [3.8, 4) is 0 Å². The molecule has 2 heterocycles. The Hall–Kier alpha value is -1.13. The zero-order valence-electron chi connectivity index (χ0n) is 16.9. The maximum Gasteiger partial charge on any atom is 0.191 e. The molecule has 1 saturated carbocycles. The molecule has 0 amide bonds. The van der Waals surface area contributed by atoms with Crippen LogP contribution in [0.5, 0.6) is 0 Å². The second-order valence-corrected chi connectivity index (χ2v) is 7.08. The van der Waals surface area contributed by atoms with E-state index in [1.54, 1.807) is 0 Å². The van der Waals surface area contributed by atoms with E-state index in [0.717, 1.165) is 82.3 Å². The lowest BCUT2D eigenvalue weighted by Gasteiger charge is -2.29. The van der Waals surface area contributed by atoms with Gasteiger partial charge in [-0.25, -0.2) is 9.98 Å². The highest BCUT2D eigenvalue weighted by Crippen LogP contribution is 2.28. The molecule has 158 valence electrons. The lowest BCUT2D eigenvalue weighted by Crippen LogP contribution is -2.38. The fourth-order valence-corrected chi connectivity index (χ4v) is 3.04. The molecule has 0 unspecified atom stereocenters. The summed E-state index contributed by atoms with van der Waals surface area (Å²) in [6, 6.07) is 4.09. The van der Waals surface area contributed by atoms with Gasteiger partial charge in [-0.2, -0.15) is 0 Å². The van der Waals surface area contributed by atoms with Crippen LogP contribution < -0.4 is 15.5 Å². The highest BCUT2D eigenvalue weighted by Gasteiger charge is 2.20. The second-order valence-electron chi connectivity index (χ2n) is 7.08. The predicted molar refractivity (Wildman–Crippen MR) is 124 cm³/mol. The summed E-state index contributed by atoms with van der Waals surface area (Å²) >= 11 is 0. The highest BCUT2D eigenvalue weighted by atomic mass is 127. The monoisotopic (exact) mass is 503 g/mol. The van der Waals surface area contributed by atoms with E-state index in [1.165, 1.54) is 12.8 Å². The van der Waals surface area contributed by atoms with Crippen LogP contribution in [-0.4, -0.2) is 63.6 Å². The minimum absolute atomic E-state index is 0. The first-order chi connectivity index (χ1) is 13.4. The number of ether oxygens (including phenoxy) is 2. The number of aliphatic imine (C=N–C) groups is 1. The predicted octanol–water partition coefficient (Wildman–Crippen LogP) is 2.41. The molecule has 8 heteroatoms. The summed E-state index contributed by atoms with van der Waals surface area (Å²) < 4.78 is 11.1. The largest absolute Gasteiger partial charge is 0.381 e. The van der Waals surface area contributed by atoms with Crippen molar-refractivity contribution in [1.29, 1.82) is 0 Å². The molecule has 0 atom stereocenters. The third kappa shape index (κ3) is 8.08. The number of morpholine rings is 1. The summed E-state index contributed by atoms with van der Waals surface area (Å²) in [5.74, 6) is 2.70. The summed E-state index contributed by atoms with van der Waals surface area (Å²) in [4.78, 5) is 11.6. The van der Waals surface area contributed by atoms with Crippen molar-refractivity contribution in [2.24, 2.45) is 10.9 Å². The quantitative estimate of drug-likeness (QED) is 0.221. The Morgan fingerprint density at radius 3 is 2.89 bits per heavy atom. The number of nitrogens with one attached hydrogen (secondary N) is 2. The first kappa shape index (κ1) is 23.2. The number of anilines is 1. The van der Waals surface area contributed by atoms with E-state index in [9.17, 15) is 0 Å². The van der Waals surface area contributed by atoms with Crippen molar-refractivity contribution in [2.45, 2.75) is 32.7 Å². The fourth-order valence-electron chi connectivity index (χ4n) is 3.04. The van der Waals surface area contributed by atoms with Crippen molar-refractivity contribution in [3.05, 3.63) is 23.9 Å². The van der Waals surface area contributed by atoms with E-state index >= 15 is 0 Å². The number of hydrogen-bond acceptors (Lipinski definition) is 5. The van der Waals surface area contributed by atoms with Crippen molar-refractivity contribution >= 4 is 35.8 Å². The van der Waals surface area contributed by atoms with E-state index in [2.05, 4.69) is 33.5 Å². The van der Waals surface area contributed by atoms with Crippen molar-refractivity contribution in [1.82, 2.24) is 15.6 Å². The Bertz CT molecular complexity index is 592. The molecular weight excluding hydrogens is 469 g/mol. The molecule has 1 aromatic rings. The Labute approximate surface area is 185 Å². The van der Waals surface area contributed by atoms with Gasteiger partial charge in [-0.1, -0.05) is 6.07 Å². The Kier molecular flexibility index (Phi) is 10.9. The van der Waals surface area contributed by atoms with Gasteiger partial charge < -0.3 is 25.0 Å². The van der Waals surface area contributed by atoms with E-state index in [-0.39, 0.29) is 24.0 Å². The lowest BCUT2D eigenvalue weighted by molar-refractivity contribution is 0.122. The number of rotatable bonds is 10. The maximum atomic E-state index is 5.69. The maximum absolute atomic E-state index is 5.69. The van der Waals surface area contributed by atoms with Crippen LogP contribution in [0.3, 0.4) is 0 Å². The second kappa shape index (κ2) is 13.2. The summed E-state index contributed by atoms with van der Waals surface area (Å²) in [6.07, 6.45) is 5.53. The summed E-state index contributed by atoms with van der Waals surface area (Å²) in [6.45, 7) is 9.41. The van der Waals surface area contributed by atoms with Gasteiger partial charge >= 0.3 is 0 Å². The average Bonchev–Trinajstić information content (AvgIpc) is 3.54. The summed E-state index contributed by atoms with van der Waals surface area (Å²) in [5.41, 5.74) is 1.14. The summed E-state index contributed by atoms with van der Waals surface area (Å²) in [5, 5.41) is 6.71. The van der Waals surface area contributed by atoms with Gasteiger partial charge in [-0.15, -0.1) is 24.0 Å². The number of guanidine groups is 1. The molecule has 2 fully saturated rings. The molecule has 0 aromatic carbocycles. The lowest BCUT2D eigenvalue weighted by atomic mass is 10.2. The van der Waals surface area contributed by atoms with E-state index in [1.807, 2.05) is 12.3 Å². The van der Waals surface area contributed by atoms with E-state index < -0.39 is 0 Å². The number of hydrogen-bond donors (Lipinski definition) is 2. The van der Waals surface area contributed by atoms with Crippen LogP contribution in [0, 0.1) is 5.92 Å². The Morgan fingerprint density at radius 2 is 2.14 bits per heavy atom. The smallest absolute Gasteiger partial charge is 0.191 e. The summed E-state index contributed by atoms with van der Waals surface area (Å²) in [7, 11) is 0. The van der Waals surface area contributed by atoms with Crippen molar-refractivity contribution < 1.29 is 9.47 Å². The molecule has 1 aliphatic heterocycles. The third-order valence-corrected chi connectivity index (χ3v) is 4.74. The minimum Gasteiger partial charge on any atom is -0.381 e. The molecule has 1 aliphatic carbocycles. The van der Waals surface area contributed by atoms with Gasteiger partial charge in [0, 0.05) is 51.2 Å². The van der Waals surface area contributed by atoms with Gasteiger partial charge in [0.15, 0.2) is 5.96 Å². The SMILES string of the molecule is CCNC(=NCc1cccnc1N1CCOCC1)NCCCOCC1CC1.I. The molecule has 3 rings (SSSR count). The van der Waals surface area contributed by atoms with Crippen LogP contribution in [0.2, 0.25) is 0 Å². The molecule has 2 N–H and O–H groups in total. The fraction of sp³-hybridized carbons (Fsp3) is 0.700. The van der Waals surface area contributed by atoms with Crippen molar-refractivity contribution in [2.75, 3.05) is 57.5 Å². The molecule has 1 aromatic heterocycles. The van der Waals surface area contributed by atoms with Crippen LogP contribution in [-0.2, 0) is 16.0 Å². The Balaban J connectivity index is 0.00000280. The van der Waals surface area contributed by atoms with Gasteiger partial charge in [0.2, 0.25) is 0 Å². The first-order valence-electron chi connectivity index (χ1n) is 10.2. The van der Waals surface area contributed by atoms with Crippen LogP contribution in [0.25, 0.3) is 0 Å². The number of pyridine rings is 1. The van der Waals surface area contributed by atoms with Gasteiger partial charge in [-0.3, -0.25) is 0 Å². The van der Waals surface area contributed by atoms with Crippen LogP contribution in [0.4, 0.5) is 5.82 Å². The third-order valence-electron chi connectivity index (χ3n) is 4.74. The van der Waals surface area contributed by atoms with Gasteiger partial charge in [-0.05, 0) is 38.2 Å². The first-order valence-corrected chi connectivity index (χ1v) is 10.2. The molecule has 1 saturated heterocycles. The number of nitrogens with zero attached hydrogens (tertiary/aromatic N) is 3. The zero-order valence-corrected chi connectivity index (χ0v) is 19.2. The molecule has 28 heavy (non-hydrogen) atoms. The van der Waals surface area contributed by atoms with Crippen LogP contribution in [0.15, 0.2) is 23.3 Å². The zero-order chi connectivity index (χ0) is 18.7.